The molecule has 1 aromatic rings. The van der Waals surface area contributed by atoms with Crippen LogP contribution in [0.25, 0.3) is 0 Å². The van der Waals surface area contributed by atoms with Crippen molar-refractivity contribution in [1.29, 1.82) is 0 Å². The fourth-order valence-electron chi connectivity index (χ4n) is 2.12. The fourth-order valence-corrected chi connectivity index (χ4v) is 6.68. The summed E-state index contributed by atoms with van der Waals surface area (Å²) in [5, 5.41) is 1.78. The Hall–Kier alpha value is 0.570. The van der Waals surface area contributed by atoms with Crippen LogP contribution >= 0.6 is 43.2 Å². The maximum absolute atomic E-state index is 12.3. The van der Waals surface area contributed by atoms with Crippen LogP contribution in [-0.2, 0) is 10.0 Å². The van der Waals surface area contributed by atoms with E-state index in [-0.39, 0.29) is 10.9 Å². The maximum atomic E-state index is 12.3. The Morgan fingerprint density at radius 3 is 2.67 bits per heavy atom. The molecule has 0 aromatic carbocycles. The fraction of sp³-hybridized carbons (Fsp3) is 0.636. The predicted molar refractivity (Wildman–Crippen MR) is 81.9 cm³/mol. The number of nitrogens with one attached hydrogen (secondary N) is 1. The molecule has 18 heavy (non-hydrogen) atoms. The third-order valence-electron chi connectivity index (χ3n) is 3.07. The molecule has 7 heteroatoms. The minimum absolute atomic E-state index is 0.00787. The normalized spacial score (nSPS) is 25.9. The molecule has 2 unspecified atom stereocenters. The molecule has 1 N–H and O–H groups in total. The zero-order valence-corrected chi connectivity index (χ0v) is 14.5. The molecule has 0 bridgehead atoms. The first-order chi connectivity index (χ1) is 8.50. The van der Waals surface area contributed by atoms with Gasteiger partial charge in [0.2, 0.25) is 0 Å². The summed E-state index contributed by atoms with van der Waals surface area (Å²) >= 11 is 8.12. The van der Waals surface area contributed by atoms with Crippen molar-refractivity contribution >= 4 is 53.2 Å². The van der Waals surface area contributed by atoms with Gasteiger partial charge in [0.25, 0.3) is 10.0 Å². The highest BCUT2D eigenvalue weighted by atomic mass is 79.9. The summed E-state index contributed by atoms with van der Waals surface area (Å²) in [6, 6.07) is 1.75. The van der Waals surface area contributed by atoms with Gasteiger partial charge in [-0.1, -0.05) is 35.2 Å². The lowest BCUT2D eigenvalue weighted by Crippen LogP contribution is -2.40. The predicted octanol–water partition coefficient (Wildman–Crippen LogP) is 3.89. The Morgan fingerprint density at radius 1 is 1.28 bits per heavy atom. The Balaban J connectivity index is 2.15. The second-order valence-corrected chi connectivity index (χ2v) is 9.29. The molecule has 0 aliphatic heterocycles. The molecule has 1 aliphatic carbocycles. The quantitative estimate of drug-likeness (QED) is 0.600. The number of alkyl halides is 1. The first-order valence-corrected chi connectivity index (χ1v) is 9.97. The zero-order valence-electron chi connectivity index (χ0n) is 9.73. The summed E-state index contributed by atoms with van der Waals surface area (Å²) in [6.07, 6.45) is 5.36. The number of rotatable bonds is 3. The minimum atomic E-state index is -3.40. The summed E-state index contributed by atoms with van der Waals surface area (Å²) in [4.78, 5) is 0.230. The van der Waals surface area contributed by atoms with Gasteiger partial charge < -0.3 is 0 Å². The lowest BCUT2D eigenvalue weighted by atomic mass is 10.1. The molecule has 0 amide bonds. The average molecular weight is 417 g/mol. The molecule has 102 valence electrons. The molecule has 1 aliphatic rings. The largest absolute Gasteiger partial charge is 0.251 e. The SMILES string of the molecule is O=S(=O)(NC1CCCCCC1Br)c1sccc1Br. The highest BCUT2D eigenvalue weighted by molar-refractivity contribution is 9.10. The van der Waals surface area contributed by atoms with E-state index in [2.05, 4.69) is 36.6 Å². The second kappa shape index (κ2) is 6.35. The highest BCUT2D eigenvalue weighted by Gasteiger charge is 2.28. The van der Waals surface area contributed by atoms with Gasteiger partial charge in [-0.3, -0.25) is 0 Å². The minimum Gasteiger partial charge on any atom is -0.206 e. The van der Waals surface area contributed by atoms with E-state index in [1.54, 1.807) is 11.4 Å². The number of hydrogen-bond donors (Lipinski definition) is 1. The van der Waals surface area contributed by atoms with Gasteiger partial charge >= 0.3 is 0 Å². The molecule has 0 spiro atoms. The molecule has 0 saturated heterocycles. The van der Waals surface area contributed by atoms with E-state index in [0.717, 1.165) is 25.7 Å². The monoisotopic (exact) mass is 415 g/mol. The van der Waals surface area contributed by atoms with E-state index in [1.165, 1.54) is 17.8 Å². The molecule has 3 nitrogen and oxygen atoms in total. The summed E-state index contributed by atoms with van der Waals surface area (Å²) in [5.74, 6) is 0. The molecule has 1 fully saturated rings. The Labute approximate surface area is 129 Å². The van der Waals surface area contributed by atoms with Crippen LogP contribution in [0.4, 0.5) is 0 Å². The van der Waals surface area contributed by atoms with E-state index >= 15 is 0 Å². The van der Waals surface area contributed by atoms with Crippen LogP contribution in [-0.4, -0.2) is 19.3 Å². The van der Waals surface area contributed by atoms with Gasteiger partial charge in [0.05, 0.1) is 0 Å². The van der Waals surface area contributed by atoms with Gasteiger partial charge in [-0.25, -0.2) is 13.1 Å². The van der Waals surface area contributed by atoms with Crippen molar-refractivity contribution in [3.8, 4) is 0 Å². The topological polar surface area (TPSA) is 46.2 Å². The second-order valence-electron chi connectivity index (χ2n) is 4.44. The molecule has 2 atom stereocenters. The van der Waals surface area contributed by atoms with Crippen LogP contribution < -0.4 is 4.72 Å². The van der Waals surface area contributed by atoms with Crippen LogP contribution in [0.15, 0.2) is 20.1 Å². The van der Waals surface area contributed by atoms with Crippen molar-refractivity contribution in [1.82, 2.24) is 4.72 Å². The van der Waals surface area contributed by atoms with Crippen molar-refractivity contribution in [2.45, 2.75) is 47.2 Å². The third-order valence-corrected chi connectivity index (χ3v) is 8.32. The van der Waals surface area contributed by atoms with Crippen LogP contribution in [0.5, 0.6) is 0 Å². The van der Waals surface area contributed by atoms with Crippen LogP contribution in [0.1, 0.15) is 32.1 Å². The number of hydrogen-bond acceptors (Lipinski definition) is 3. The Bertz CT molecular complexity index is 501. The van der Waals surface area contributed by atoms with Crippen LogP contribution in [0.2, 0.25) is 0 Å². The van der Waals surface area contributed by atoms with Crippen molar-refractivity contribution in [2.75, 3.05) is 0 Å². The van der Waals surface area contributed by atoms with Gasteiger partial charge in [0.1, 0.15) is 4.21 Å². The average Bonchev–Trinajstić information content (AvgIpc) is 2.64. The number of thiophene rings is 1. The zero-order chi connectivity index (χ0) is 13.2. The van der Waals surface area contributed by atoms with Crippen LogP contribution in [0.3, 0.4) is 0 Å². The Morgan fingerprint density at radius 2 is 2.00 bits per heavy atom. The molecular formula is C11H15Br2NO2S2. The Kier molecular flexibility index (Phi) is 5.28. The maximum Gasteiger partial charge on any atom is 0.251 e. The molecule has 0 radical (unpaired) electrons. The lowest BCUT2D eigenvalue weighted by molar-refractivity contribution is 0.522. The van der Waals surface area contributed by atoms with E-state index in [4.69, 9.17) is 0 Å². The number of halogens is 2. The summed E-state index contributed by atoms with van der Waals surface area (Å²) in [6.45, 7) is 0. The van der Waals surface area contributed by atoms with Crippen LogP contribution in [0, 0.1) is 0 Å². The third kappa shape index (κ3) is 3.56. The molecule has 1 saturated carbocycles. The number of sulfonamides is 1. The van der Waals surface area contributed by atoms with Gasteiger partial charge in [-0.05, 0) is 40.2 Å². The van der Waals surface area contributed by atoms with Gasteiger partial charge in [0, 0.05) is 15.3 Å². The van der Waals surface area contributed by atoms with Crippen molar-refractivity contribution in [3.05, 3.63) is 15.9 Å². The van der Waals surface area contributed by atoms with E-state index in [0.29, 0.717) is 8.68 Å². The van der Waals surface area contributed by atoms with Crippen molar-refractivity contribution in [2.24, 2.45) is 0 Å². The summed E-state index contributed by atoms with van der Waals surface area (Å²) in [7, 11) is -3.40. The standard InChI is InChI=1S/C11H15Br2NO2S2/c12-8-4-2-1-3-5-10(8)14-18(15,16)11-9(13)6-7-17-11/h6-8,10,14H,1-5H2. The molecule has 1 aromatic heterocycles. The molecule has 2 rings (SSSR count). The van der Waals surface area contributed by atoms with E-state index in [9.17, 15) is 8.42 Å². The van der Waals surface area contributed by atoms with Crippen molar-refractivity contribution in [3.63, 3.8) is 0 Å². The lowest BCUT2D eigenvalue weighted by Gasteiger charge is -2.21. The first kappa shape index (κ1) is 15.0. The van der Waals surface area contributed by atoms with E-state index in [1.807, 2.05) is 0 Å². The van der Waals surface area contributed by atoms with Crippen molar-refractivity contribution < 1.29 is 8.42 Å². The first-order valence-electron chi connectivity index (χ1n) is 5.90. The van der Waals surface area contributed by atoms with Gasteiger partial charge in [0.15, 0.2) is 0 Å². The molecule has 1 heterocycles. The smallest absolute Gasteiger partial charge is 0.206 e. The van der Waals surface area contributed by atoms with Gasteiger partial charge in [-0.15, -0.1) is 11.3 Å². The molecular weight excluding hydrogens is 402 g/mol. The summed E-state index contributed by atoms with van der Waals surface area (Å²) < 4.78 is 28.4. The van der Waals surface area contributed by atoms with E-state index < -0.39 is 10.0 Å². The highest BCUT2D eigenvalue weighted by Crippen LogP contribution is 2.30. The summed E-state index contributed by atoms with van der Waals surface area (Å²) in [5.41, 5.74) is 0. The van der Waals surface area contributed by atoms with Gasteiger partial charge in [-0.2, -0.15) is 0 Å².